The smallest absolute Gasteiger partial charge is 0.215 e. The molecule has 0 radical (unpaired) electrons. The van der Waals surface area contributed by atoms with Crippen LogP contribution in [0.2, 0.25) is 0 Å². The fraction of sp³-hybridized carbons (Fsp3) is 0.700. The zero-order chi connectivity index (χ0) is 9.42. The van der Waals surface area contributed by atoms with Crippen molar-refractivity contribution >= 4 is 0 Å². The number of rotatable bonds is 1. The molecule has 0 N–H and O–H groups in total. The lowest BCUT2D eigenvalue weighted by Crippen LogP contribution is -2.15. The molecular formula is C10H16N2O. The van der Waals surface area contributed by atoms with Gasteiger partial charge >= 0.3 is 0 Å². The number of aryl methyl sites for hydroxylation is 2. The van der Waals surface area contributed by atoms with Gasteiger partial charge in [0.15, 0.2) is 0 Å². The van der Waals surface area contributed by atoms with Crippen LogP contribution in [0.25, 0.3) is 0 Å². The molecule has 1 aromatic rings. The van der Waals surface area contributed by atoms with Crippen molar-refractivity contribution in [2.75, 3.05) is 6.61 Å². The minimum Gasteiger partial charge on any atom is -0.478 e. The Hall–Kier alpha value is -0.990. The molecule has 0 fully saturated rings. The third-order valence-corrected chi connectivity index (χ3v) is 2.46. The third kappa shape index (κ3) is 1.32. The highest BCUT2D eigenvalue weighted by Crippen LogP contribution is 2.31. The highest BCUT2D eigenvalue weighted by Gasteiger charge is 2.21. The van der Waals surface area contributed by atoms with Gasteiger partial charge in [-0.1, -0.05) is 13.8 Å². The summed E-state index contributed by atoms with van der Waals surface area (Å²) in [4.78, 5) is 0. The molecule has 0 saturated carbocycles. The lowest BCUT2D eigenvalue weighted by atomic mass is 10.0. The average Bonchev–Trinajstić information content (AvgIpc) is 2.39. The Bertz CT molecular complexity index is 315. The molecule has 0 unspecified atom stereocenters. The van der Waals surface area contributed by atoms with Crippen LogP contribution in [-0.4, -0.2) is 16.4 Å². The largest absolute Gasteiger partial charge is 0.478 e. The zero-order valence-electron chi connectivity index (χ0n) is 8.50. The number of nitrogens with zero attached hydrogens (tertiary/aromatic N) is 2. The summed E-state index contributed by atoms with van der Waals surface area (Å²) >= 11 is 0. The fourth-order valence-electron chi connectivity index (χ4n) is 1.93. The Morgan fingerprint density at radius 2 is 2.23 bits per heavy atom. The number of aromatic nitrogens is 2. The second kappa shape index (κ2) is 3.05. The first-order valence-corrected chi connectivity index (χ1v) is 4.90. The Kier molecular flexibility index (Phi) is 2.02. The van der Waals surface area contributed by atoms with E-state index in [-0.39, 0.29) is 0 Å². The molecule has 1 aliphatic heterocycles. The normalized spacial score (nSPS) is 15.7. The molecule has 2 heterocycles. The van der Waals surface area contributed by atoms with Crippen LogP contribution < -0.4 is 4.74 Å². The van der Waals surface area contributed by atoms with E-state index in [1.807, 2.05) is 4.68 Å². The van der Waals surface area contributed by atoms with Crippen molar-refractivity contribution in [3.05, 3.63) is 11.3 Å². The van der Waals surface area contributed by atoms with Gasteiger partial charge in [-0.05, 0) is 12.8 Å². The van der Waals surface area contributed by atoms with Crippen LogP contribution in [0.3, 0.4) is 0 Å². The molecule has 13 heavy (non-hydrogen) atoms. The molecule has 72 valence electrons. The van der Waals surface area contributed by atoms with Gasteiger partial charge in [-0.15, -0.1) is 0 Å². The van der Waals surface area contributed by atoms with E-state index in [9.17, 15) is 0 Å². The Morgan fingerprint density at radius 3 is 2.92 bits per heavy atom. The minimum atomic E-state index is 0.502. The van der Waals surface area contributed by atoms with Gasteiger partial charge in [0.25, 0.3) is 0 Å². The standard InChI is InChI=1S/C10H16N2O/c1-7(2)9-8(3)11-12-5-4-6-13-10(9)12/h7H,4-6H2,1-3H3. The summed E-state index contributed by atoms with van der Waals surface area (Å²) in [5.41, 5.74) is 2.40. The van der Waals surface area contributed by atoms with Gasteiger partial charge in [0.05, 0.1) is 12.3 Å². The van der Waals surface area contributed by atoms with E-state index in [1.165, 1.54) is 5.56 Å². The second-order valence-corrected chi connectivity index (χ2v) is 3.88. The minimum absolute atomic E-state index is 0.502. The summed E-state index contributed by atoms with van der Waals surface area (Å²) in [5, 5.41) is 4.46. The number of hydrogen-bond acceptors (Lipinski definition) is 2. The van der Waals surface area contributed by atoms with Crippen LogP contribution in [0.5, 0.6) is 5.88 Å². The molecule has 0 atom stereocenters. The van der Waals surface area contributed by atoms with E-state index >= 15 is 0 Å². The van der Waals surface area contributed by atoms with Crippen molar-refractivity contribution in [1.29, 1.82) is 0 Å². The van der Waals surface area contributed by atoms with Gasteiger partial charge < -0.3 is 4.74 Å². The summed E-state index contributed by atoms with van der Waals surface area (Å²) in [6.07, 6.45) is 1.08. The predicted octanol–water partition coefficient (Wildman–Crippen LogP) is 2.10. The van der Waals surface area contributed by atoms with Crippen LogP contribution >= 0.6 is 0 Å². The van der Waals surface area contributed by atoms with Crippen LogP contribution in [0.1, 0.15) is 37.4 Å². The van der Waals surface area contributed by atoms with Crippen molar-refractivity contribution in [2.24, 2.45) is 0 Å². The van der Waals surface area contributed by atoms with E-state index < -0.39 is 0 Å². The quantitative estimate of drug-likeness (QED) is 0.661. The summed E-state index contributed by atoms with van der Waals surface area (Å²) < 4.78 is 7.63. The van der Waals surface area contributed by atoms with Gasteiger partial charge in [-0.3, -0.25) is 0 Å². The van der Waals surface area contributed by atoms with E-state index in [1.54, 1.807) is 0 Å². The molecule has 3 heteroatoms. The van der Waals surface area contributed by atoms with Gasteiger partial charge in [0, 0.05) is 18.5 Å². The first-order valence-electron chi connectivity index (χ1n) is 4.90. The summed E-state index contributed by atoms with van der Waals surface area (Å²) in [7, 11) is 0. The van der Waals surface area contributed by atoms with Gasteiger partial charge in [-0.2, -0.15) is 5.10 Å². The first kappa shape index (κ1) is 8.60. The number of fused-ring (bicyclic) bond motifs is 1. The first-order chi connectivity index (χ1) is 6.20. The summed E-state index contributed by atoms with van der Waals surface area (Å²) in [6.45, 7) is 8.27. The molecule has 2 rings (SSSR count). The highest BCUT2D eigenvalue weighted by atomic mass is 16.5. The monoisotopic (exact) mass is 180 g/mol. The molecule has 0 saturated heterocycles. The topological polar surface area (TPSA) is 27.1 Å². The molecule has 0 bridgehead atoms. The third-order valence-electron chi connectivity index (χ3n) is 2.46. The van der Waals surface area contributed by atoms with Crippen molar-refractivity contribution in [3.63, 3.8) is 0 Å². The Morgan fingerprint density at radius 1 is 1.46 bits per heavy atom. The maximum absolute atomic E-state index is 5.64. The lowest BCUT2D eigenvalue weighted by molar-refractivity contribution is 0.227. The van der Waals surface area contributed by atoms with Crippen molar-refractivity contribution in [3.8, 4) is 5.88 Å². The maximum atomic E-state index is 5.64. The fourth-order valence-corrected chi connectivity index (χ4v) is 1.93. The average molecular weight is 180 g/mol. The van der Waals surface area contributed by atoms with Crippen molar-refractivity contribution in [1.82, 2.24) is 9.78 Å². The lowest BCUT2D eigenvalue weighted by Gasteiger charge is -2.17. The van der Waals surface area contributed by atoms with E-state index in [0.717, 1.165) is 31.1 Å². The molecule has 0 spiro atoms. The molecule has 0 aliphatic carbocycles. The van der Waals surface area contributed by atoms with Crippen LogP contribution in [-0.2, 0) is 6.54 Å². The van der Waals surface area contributed by atoms with Gasteiger partial charge in [0.1, 0.15) is 0 Å². The van der Waals surface area contributed by atoms with Crippen LogP contribution in [0.15, 0.2) is 0 Å². The SMILES string of the molecule is Cc1nn2c(c1C(C)C)OCCC2. The zero-order valence-corrected chi connectivity index (χ0v) is 8.50. The molecule has 1 aliphatic rings. The molecule has 1 aromatic heterocycles. The summed E-state index contributed by atoms with van der Waals surface area (Å²) in [5.74, 6) is 1.50. The van der Waals surface area contributed by atoms with Crippen molar-refractivity contribution in [2.45, 2.75) is 39.7 Å². The predicted molar refractivity (Wildman–Crippen MR) is 51.2 cm³/mol. The number of ether oxygens (including phenoxy) is 1. The maximum Gasteiger partial charge on any atom is 0.215 e. The Balaban J connectivity index is 2.48. The van der Waals surface area contributed by atoms with Crippen LogP contribution in [0, 0.1) is 6.92 Å². The number of hydrogen-bond donors (Lipinski definition) is 0. The molecule has 0 aromatic carbocycles. The summed E-state index contributed by atoms with van der Waals surface area (Å²) in [6, 6.07) is 0. The molecule has 0 amide bonds. The van der Waals surface area contributed by atoms with E-state index in [0.29, 0.717) is 5.92 Å². The highest BCUT2D eigenvalue weighted by molar-refractivity contribution is 5.34. The molecule has 3 nitrogen and oxygen atoms in total. The van der Waals surface area contributed by atoms with Gasteiger partial charge in [-0.25, -0.2) is 4.68 Å². The Labute approximate surface area is 78.7 Å². The van der Waals surface area contributed by atoms with Crippen LogP contribution in [0.4, 0.5) is 0 Å². The van der Waals surface area contributed by atoms with E-state index in [4.69, 9.17) is 4.74 Å². The van der Waals surface area contributed by atoms with Crippen molar-refractivity contribution < 1.29 is 4.74 Å². The molecular weight excluding hydrogens is 164 g/mol. The second-order valence-electron chi connectivity index (χ2n) is 3.88. The van der Waals surface area contributed by atoms with Gasteiger partial charge in [0.2, 0.25) is 5.88 Å². The van der Waals surface area contributed by atoms with E-state index in [2.05, 4.69) is 25.9 Å².